The first-order valence-corrected chi connectivity index (χ1v) is 9.66. The molecule has 1 aliphatic rings. The van der Waals surface area contributed by atoms with Crippen LogP contribution in [0.25, 0.3) is 11.3 Å². The van der Waals surface area contributed by atoms with Crippen LogP contribution in [-0.4, -0.2) is 47.4 Å². The van der Waals surface area contributed by atoms with Crippen LogP contribution in [0.3, 0.4) is 0 Å². The van der Waals surface area contributed by atoms with Gasteiger partial charge in [-0.05, 0) is 37.0 Å². The van der Waals surface area contributed by atoms with Gasteiger partial charge in [-0.25, -0.2) is 0 Å². The molecule has 29 heavy (non-hydrogen) atoms. The summed E-state index contributed by atoms with van der Waals surface area (Å²) in [5.74, 6) is -0.413. The van der Waals surface area contributed by atoms with E-state index in [4.69, 9.17) is 5.73 Å². The Hall–Kier alpha value is -2.64. The highest BCUT2D eigenvalue weighted by Gasteiger charge is 2.29. The van der Waals surface area contributed by atoms with Gasteiger partial charge in [0.15, 0.2) is 0 Å². The van der Waals surface area contributed by atoms with E-state index in [9.17, 15) is 14.4 Å². The van der Waals surface area contributed by atoms with Gasteiger partial charge in [0.2, 0.25) is 5.91 Å². The van der Waals surface area contributed by atoms with Crippen molar-refractivity contribution in [2.45, 2.75) is 31.7 Å². The number of piperidine rings is 1. The number of nitrogens with two attached hydrogens (primary N) is 1. The molecule has 1 fully saturated rings. The summed E-state index contributed by atoms with van der Waals surface area (Å²) < 4.78 is 0. The van der Waals surface area contributed by atoms with Gasteiger partial charge < -0.3 is 20.9 Å². The molecule has 8 heteroatoms. The average molecular weight is 419 g/mol. The predicted octanol–water partition coefficient (Wildman–Crippen LogP) is 1.92. The number of benzene rings is 1. The SMILES string of the molecule is Cl.NCCC(=O)NCC1CCCCN1C(=O)c1ccc(-c2ccccc2)[nH]c1=O. The van der Waals surface area contributed by atoms with Gasteiger partial charge in [0.25, 0.3) is 11.5 Å². The van der Waals surface area contributed by atoms with Crippen molar-refractivity contribution < 1.29 is 9.59 Å². The Labute approximate surface area is 176 Å². The Kier molecular flexibility index (Phi) is 8.42. The lowest BCUT2D eigenvalue weighted by Crippen LogP contribution is -2.50. The van der Waals surface area contributed by atoms with E-state index in [1.54, 1.807) is 17.0 Å². The first-order valence-electron chi connectivity index (χ1n) is 9.66. The molecule has 1 aromatic heterocycles. The Morgan fingerprint density at radius 3 is 2.59 bits per heavy atom. The molecule has 4 N–H and O–H groups in total. The lowest BCUT2D eigenvalue weighted by molar-refractivity contribution is -0.121. The number of carbonyl (C=O) groups excluding carboxylic acids is 2. The molecule has 0 bridgehead atoms. The fourth-order valence-corrected chi connectivity index (χ4v) is 3.51. The van der Waals surface area contributed by atoms with Crippen molar-refractivity contribution in [1.29, 1.82) is 0 Å². The minimum Gasteiger partial charge on any atom is -0.354 e. The first kappa shape index (κ1) is 22.6. The Balaban J connectivity index is 0.00000300. The maximum atomic E-state index is 13.0. The number of likely N-dealkylation sites (tertiary alicyclic amines) is 1. The van der Waals surface area contributed by atoms with Crippen molar-refractivity contribution in [3.63, 3.8) is 0 Å². The zero-order chi connectivity index (χ0) is 19.9. The minimum absolute atomic E-state index is 0. The molecule has 7 nitrogen and oxygen atoms in total. The topological polar surface area (TPSA) is 108 Å². The molecular weight excluding hydrogens is 392 g/mol. The standard InChI is InChI=1S/C21H26N4O3.ClH/c22-12-11-19(26)23-14-16-8-4-5-13-25(16)21(28)17-9-10-18(24-20(17)27)15-6-2-1-3-7-15;/h1-3,6-7,9-10,16H,4-5,8,11-14,22H2,(H,23,26)(H,24,27);1H. The highest BCUT2D eigenvalue weighted by Crippen LogP contribution is 2.20. The van der Waals surface area contributed by atoms with Crippen LogP contribution < -0.4 is 16.6 Å². The van der Waals surface area contributed by atoms with E-state index in [1.807, 2.05) is 30.3 Å². The fourth-order valence-electron chi connectivity index (χ4n) is 3.51. The van der Waals surface area contributed by atoms with Gasteiger partial charge >= 0.3 is 0 Å². The van der Waals surface area contributed by atoms with Crippen molar-refractivity contribution in [3.8, 4) is 11.3 Å². The second-order valence-corrected chi connectivity index (χ2v) is 6.97. The van der Waals surface area contributed by atoms with Crippen LogP contribution in [0.2, 0.25) is 0 Å². The zero-order valence-electron chi connectivity index (χ0n) is 16.2. The number of aromatic nitrogens is 1. The number of amides is 2. The maximum absolute atomic E-state index is 13.0. The smallest absolute Gasteiger partial charge is 0.261 e. The van der Waals surface area contributed by atoms with Crippen LogP contribution in [0.15, 0.2) is 47.3 Å². The molecule has 2 aromatic rings. The summed E-state index contributed by atoms with van der Waals surface area (Å²) in [5.41, 5.74) is 6.68. The summed E-state index contributed by atoms with van der Waals surface area (Å²) in [6.07, 6.45) is 2.94. The van der Waals surface area contributed by atoms with Gasteiger partial charge in [0.1, 0.15) is 5.56 Å². The zero-order valence-corrected chi connectivity index (χ0v) is 17.0. The summed E-state index contributed by atoms with van der Waals surface area (Å²) in [5, 5.41) is 2.84. The Morgan fingerprint density at radius 1 is 1.14 bits per heavy atom. The molecule has 1 atom stereocenters. The number of pyridine rings is 1. The number of rotatable bonds is 6. The summed E-state index contributed by atoms with van der Waals surface area (Å²) >= 11 is 0. The molecule has 1 aromatic carbocycles. The van der Waals surface area contributed by atoms with Crippen molar-refractivity contribution in [3.05, 3.63) is 58.4 Å². The number of hydrogen-bond donors (Lipinski definition) is 3. The highest BCUT2D eigenvalue weighted by molar-refractivity contribution is 5.94. The van der Waals surface area contributed by atoms with E-state index in [1.165, 1.54) is 0 Å². The van der Waals surface area contributed by atoms with Crippen molar-refractivity contribution in [2.75, 3.05) is 19.6 Å². The van der Waals surface area contributed by atoms with Gasteiger partial charge in [-0.1, -0.05) is 30.3 Å². The number of aromatic amines is 1. The second kappa shape index (κ2) is 10.8. The average Bonchev–Trinajstić information content (AvgIpc) is 2.73. The molecule has 0 aliphatic carbocycles. The van der Waals surface area contributed by atoms with E-state index in [0.717, 1.165) is 24.8 Å². The van der Waals surface area contributed by atoms with Gasteiger partial charge in [-0.2, -0.15) is 0 Å². The highest BCUT2D eigenvalue weighted by atomic mass is 35.5. The van der Waals surface area contributed by atoms with Crippen LogP contribution in [0.5, 0.6) is 0 Å². The first-order chi connectivity index (χ1) is 13.6. The quantitative estimate of drug-likeness (QED) is 0.665. The third-order valence-electron chi connectivity index (χ3n) is 5.02. The molecule has 2 heterocycles. The van der Waals surface area contributed by atoms with Crippen LogP contribution >= 0.6 is 12.4 Å². The van der Waals surface area contributed by atoms with E-state index in [2.05, 4.69) is 10.3 Å². The largest absolute Gasteiger partial charge is 0.354 e. The molecule has 1 unspecified atom stereocenters. The number of halogens is 1. The number of carbonyl (C=O) groups is 2. The van der Waals surface area contributed by atoms with Crippen LogP contribution in [0, 0.1) is 0 Å². The Morgan fingerprint density at radius 2 is 1.90 bits per heavy atom. The van der Waals surface area contributed by atoms with Gasteiger partial charge in [0.05, 0.1) is 0 Å². The predicted molar refractivity (Wildman–Crippen MR) is 115 cm³/mol. The van der Waals surface area contributed by atoms with E-state index >= 15 is 0 Å². The Bertz CT molecular complexity index is 885. The van der Waals surface area contributed by atoms with Gasteiger partial charge in [-0.3, -0.25) is 14.4 Å². The lowest BCUT2D eigenvalue weighted by Gasteiger charge is -2.35. The number of H-pyrrole nitrogens is 1. The fraction of sp³-hybridized carbons (Fsp3) is 0.381. The maximum Gasteiger partial charge on any atom is 0.261 e. The molecule has 0 spiro atoms. The summed E-state index contributed by atoms with van der Waals surface area (Å²) in [6, 6.07) is 12.7. The number of nitrogens with one attached hydrogen (secondary N) is 2. The number of nitrogens with zero attached hydrogens (tertiary/aromatic N) is 1. The van der Waals surface area contributed by atoms with Crippen LogP contribution in [0.4, 0.5) is 0 Å². The van der Waals surface area contributed by atoms with E-state index in [0.29, 0.717) is 25.3 Å². The summed E-state index contributed by atoms with van der Waals surface area (Å²) in [4.78, 5) is 41.8. The molecule has 0 radical (unpaired) electrons. The third-order valence-corrected chi connectivity index (χ3v) is 5.02. The number of hydrogen-bond acceptors (Lipinski definition) is 4. The summed E-state index contributed by atoms with van der Waals surface area (Å²) in [6.45, 7) is 1.25. The van der Waals surface area contributed by atoms with Crippen LogP contribution in [0.1, 0.15) is 36.0 Å². The molecule has 1 aliphatic heterocycles. The van der Waals surface area contributed by atoms with E-state index < -0.39 is 5.56 Å². The molecule has 2 amide bonds. The van der Waals surface area contributed by atoms with Gasteiger partial charge in [-0.15, -0.1) is 12.4 Å². The van der Waals surface area contributed by atoms with E-state index in [-0.39, 0.29) is 42.2 Å². The summed E-state index contributed by atoms with van der Waals surface area (Å²) in [7, 11) is 0. The lowest BCUT2D eigenvalue weighted by atomic mass is 10.0. The second-order valence-electron chi connectivity index (χ2n) is 6.97. The van der Waals surface area contributed by atoms with Crippen molar-refractivity contribution in [2.24, 2.45) is 5.73 Å². The minimum atomic E-state index is -0.400. The van der Waals surface area contributed by atoms with Crippen molar-refractivity contribution >= 4 is 24.2 Å². The monoisotopic (exact) mass is 418 g/mol. The van der Waals surface area contributed by atoms with Crippen LogP contribution in [-0.2, 0) is 4.79 Å². The molecular formula is C21H27ClN4O3. The molecule has 156 valence electrons. The van der Waals surface area contributed by atoms with Crippen molar-refractivity contribution in [1.82, 2.24) is 15.2 Å². The van der Waals surface area contributed by atoms with Gasteiger partial charge in [0, 0.05) is 37.8 Å². The normalized spacial score (nSPS) is 16.0. The third kappa shape index (κ3) is 5.68. The molecule has 0 saturated carbocycles. The molecule has 3 rings (SSSR count). The molecule has 1 saturated heterocycles.